The fourth-order valence-electron chi connectivity index (χ4n) is 2.26. The highest BCUT2D eigenvalue weighted by molar-refractivity contribution is 6.17. The molecule has 0 fully saturated rings. The fraction of sp³-hybridized carbons (Fsp3) is 0.200. The van der Waals surface area contributed by atoms with Crippen molar-refractivity contribution in [2.45, 2.75) is 6.92 Å². The van der Waals surface area contributed by atoms with Crippen molar-refractivity contribution in [1.29, 1.82) is 0 Å². The molecule has 0 radical (unpaired) electrons. The molecule has 2 aromatic rings. The van der Waals surface area contributed by atoms with E-state index in [4.69, 9.17) is 9.15 Å². The molecule has 96 valence electrons. The van der Waals surface area contributed by atoms with Crippen molar-refractivity contribution < 1.29 is 18.7 Å². The number of aryl methyl sites for hydroxylation is 1. The van der Waals surface area contributed by atoms with Gasteiger partial charge in [0, 0.05) is 0 Å². The quantitative estimate of drug-likeness (QED) is 0.612. The van der Waals surface area contributed by atoms with Crippen LogP contribution < -0.4 is 4.74 Å². The number of fused-ring (bicyclic) bond motifs is 1. The van der Waals surface area contributed by atoms with Crippen LogP contribution in [0.2, 0.25) is 0 Å². The first-order valence-corrected chi connectivity index (χ1v) is 6.03. The number of Topliss-reactive ketones (excluding diaryl/α,β-unsaturated/α-hetero) is 2. The number of benzene rings is 1. The van der Waals surface area contributed by atoms with Crippen LogP contribution in [0.3, 0.4) is 0 Å². The zero-order chi connectivity index (χ0) is 13.4. The number of hydrogen-bond acceptors (Lipinski definition) is 4. The van der Waals surface area contributed by atoms with Crippen molar-refractivity contribution in [1.82, 2.24) is 0 Å². The zero-order valence-corrected chi connectivity index (χ0v) is 10.4. The van der Waals surface area contributed by atoms with Gasteiger partial charge in [0.1, 0.15) is 24.0 Å². The second-order valence-electron chi connectivity index (χ2n) is 4.48. The van der Waals surface area contributed by atoms with E-state index < -0.39 is 5.92 Å². The van der Waals surface area contributed by atoms with Crippen LogP contribution in [0.5, 0.6) is 5.75 Å². The van der Waals surface area contributed by atoms with Gasteiger partial charge < -0.3 is 9.15 Å². The molecule has 0 saturated carbocycles. The summed E-state index contributed by atoms with van der Waals surface area (Å²) in [5.41, 5.74) is 0.912. The van der Waals surface area contributed by atoms with Gasteiger partial charge in [0.25, 0.3) is 0 Å². The highest BCUT2D eigenvalue weighted by Crippen LogP contribution is 2.29. The van der Waals surface area contributed by atoms with Crippen molar-refractivity contribution >= 4 is 11.6 Å². The first-order chi connectivity index (χ1) is 9.18. The monoisotopic (exact) mass is 256 g/mol. The van der Waals surface area contributed by atoms with Gasteiger partial charge in [-0.25, -0.2) is 0 Å². The molecule has 0 bridgehead atoms. The summed E-state index contributed by atoms with van der Waals surface area (Å²) < 4.78 is 10.6. The van der Waals surface area contributed by atoms with Crippen LogP contribution in [-0.4, -0.2) is 18.2 Å². The van der Waals surface area contributed by atoms with Gasteiger partial charge in [0.15, 0.2) is 11.6 Å². The number of rotatable bonds is 2. The Morgan fingerprint density at radius 3 is 2.79 bits per heavy atom. The Labute approximate surface area is 110 Å². The summed E-state index contributed by atoms with van der Waals surface area (Å²) in [6, 6.07) is 8.56. The maximum atomic E-state index is 12.3. The first-order valence-electron chi connectivity index (χ1n) is 6.03. The largest absolute Gasteiger partial charge is 0.492 e. The number of carbonyl (C=O) groups is 2. The number of para-hydroxylation sites is 1. The molecule has 4 heteroatoms. The lowest BCUT2D eigenvalue weighted by Crippen LogP contribution is -2.34. The van der Waals surface area contributed by atoms with Crippen LogP contribution in [0.4, 0.5) is 0 Å². The van der Waals surface area contributed by atoms with Crippen LogP contribution in [0.25, 0.3) is 0 Å². The van der Waals surface area contributed by atoms with Gasteiger partial charge in [-0.3, -0.25) is 9.59 Å². The summed E-state index contributed by atoms with van der Waals surface area (Å²) in [5.74, 6) is -0.151. The molecule has 1 unspecified atom stereocenters. The number of carbonyl (C=O) groups excluding carboxylic acids is 2. The van der Waals surface area contributed by atoms with Crippen molar-refractivity contribution in [2.24, 2.45) is 5.92 Å². The van der Waals surface area contributed by atoms with Crippen LogP contribution in [0, 0.1) is 12.8 Å². The predicted octanol–water partition coefficient (Wildman–Crippen LogP) is 2.66. The minimum absolute atomic E-state index is 0.0826. The first kappa shape index (κ1) is 11.7. The van der Waals surface area contributed by atoms with E-state index >= 15 is 0 Å². The van der Waals surface area contributed by atoms with E-state index in [0.717, 1.165) is 0 Å². The molecule has 0 aliphatic carbocycles. The zero-order valence-electron chi connectivity index (χ0n) is 10.4. The van der Waals surface area contributed by atoms with E-state index in [1.807, 2.05) is 0 Å². The maximum Gasteiger partial charge on any atom is 0.180 e. The Hall–Kier alpha value is -2.36. The molecule has 1 aromatic carbocycles. The summed E-state index contributed by atoms with van der Waals surface area (Å²) in [7, 11) is 0. The van der Waals surface area contributed by atoms with Crippen molar-refractivity contribution in [3.63, 3.8) is 0 Å². The molecule has 2 heterocycles. The van der Waals surface area contributed by atoms with Gasteiger partial charge in [-0.05, 0) is 25.1 Å². The fourth-order valence-corrected chi connectivity index (χ4v) is 2.26. The maximum absolute atomic E-state index is 12.3. The minimum atomic E-state index is -0.786. The highest BCUT2D eigenvalue weighted by atomic mass is 16.5. The van der Waals surface area contributed by atoms with Gasteiger partial charge in [-0.2, -0.15) is 0 Å². The summed E-state index contributed by atoms with van der Waals surface area (Å²) in [6.07, 6.45) is 1.45. The SMILES string of the molecule is Cc1occc1C(=O)C1COc2ccccc2C1=O. The van der Waals surface area contributed by atoms with E-state index in [2.05, 4.69) is 0 Å². The molecule has 0 N–H and O–H groups in total. The molecule has 0 saturated heterocycles. The number of ketones is 2. The van der Waals surface area contributed by atoms with Crippen molar-refractivity contribution in [3.05, 3.63) is 53.5 Å². The third kappa shape index (κ3) is 1.85. The van der Waals surface area contributed by atoms with Gasteiger partial charge in [-0.15, -0.1) is 0 Å². The van der Waals surface area contributed by atoms with Gasteiger partial charge >= 0.3 is 0 Å². The Balaban J connectivity index is 1.95. The predicted molar refractivity (Wildman–Crippen MR) is 67.5 cm³/mol. The van der Waals surface area contributed by atoms with Crippen LogP contribution >= 0.6 is 0 Å². The Kier molecular flexibility index (Phi) is 2.71. The smallest absolute Gasteiger partial charge is 0.180 e. The molecule has 1 aliphatic rings. The van der Waals surface area contributed by atoms with Crippen LogP contribution in [-0.2, 0) is 0 Å². The number of furan rings is 1. The molecule has 19 heavy (non-hydrogen) atoms. The second kappa shape index (κ2) is 4.39. The average Bonchev–Trinajstić information content (AvgIpc) is 2.85. The average molecular weight is 256 g/mol. The van der Waals surface area contributed by atoms with Crippen LogP contribution in [0.15, 0.2) is 41.0 Å². The minimum Gasteiger partial charge on any atom is -0.492 e. The Bertz CT molecular complexity index is 654. The number of hydrogen-bond donors (Lipinski definition) is 0. The van der Waals surface area contributed by atoms with E-state index in [1.54, 1.807) is 37.3 Å². The molecule has 0 spiro atoms. The van der Waals surface area contributed by atoms with Gasteiger partial charge in [-0.1, -0.05) is 12.1 Å². The van der Waals surface area contributed by atoms with E-state index in [9.17, 15) is 9.59 Å². The molecule has 1 atom stereocenters. The Morgan fingerprint density at radius 2 is 2.05 bits per heavy atom. The molecular weight excluding hydrogens is 244 g/mol. The topological polar surface area (TPSA) is 56.5 Å². The third-order valence-electron chi connectivity index (χ3n) is 3.32. The molecule has 3 rings (SSSR count). The highest BCUT2D eigenvalue weighted by Gasteiger charge is 2.35. The second-order valence-corrected chi connectivity index (χ2v) is 4.48. The summed E-state index contributed by atoms with van der Waals surface area (Å²) in [4.78, 5) is 24.7. The lowest BCUT2D eigenvalue weighted by molar-refractivity contribution is 0.0722. The van der Waals surface area contributed by atoms with E-state index in [-0.39, 0.29) is 18.2 Å². The van der Waals surface area contributed by atoms with Gasteiger partial charge in [0.05, 0.1) is 17.4 Å². The third-order valence-corrected chi connectivity index (χ3v) is 3.32. The molecular formula is C15H12O4. The summed E-state index contributed by atoms with van der Waals surface area (Å²) in [5, 5.41) is 0. The van der Waals surface area contributed by atoms with Gasteiger partial charge in [0.2, 0.25) is 0 Å². The normalized spacial score (nSPS) is 17.7. The van der Waals surface area contributed by atoms with Crippen LogP contribution in [0.1, 0.15) is 26.5 Å². The summed E-state index contributed by atoms with van der Waals surface area (Å²) in [6.45, 7) is 1.79. The molecule has 1 aromatic heterocycles. The molecule has 0 amide bonds. The van der Waals surface area contributed by atoms with E-state index in [0.29, 0.717) is 22.6 Å². The Morgan fingerprint density at radius 1 is 1.26 bits per heavy atom. The summed E-state index contributed by atoms with van der Waals surface area (Å²) >= 11 is 0. The standard InChI is InChI=1S/C15H12O4/c1-9-10(6-7-18-9)14(16)12-8-19-13-5-3-2-4-11(13)15(12)17/h2-7,12H,8H2,1H3. The van der Waals surface area contributed by atoms with Crippen molar-refractivity contribution in [3.8, 4) is 5.75 Å². The van der Waals surface area contributed by atoms with Crippen molar-refractivity contribution in [2.75, 3.05) is 6.61 Å². The van der Waals surface area contributed by atoms with E-state index in [1.165, 1.54) is 6.26 Å². The molecule has 4 nitrogen and oxygen atoms in total. The lowest BCUT2D eigenvalue weighted by Gasteiger charge is -2.22. The molecule has 1 aliphatic heterocycles. The lowest BCUT2D eigenvalue weighted by atomic mass is 9.89. The number of ether oxygens (including phenoxy) is 1.